The monoisotopic (exact) mass is 200 g/mol. The molecule has 4 heteroatoms. The van der Waals surface area contributed by atoms with E-state index in [0.29, 0.717) is 18.4 Å². The smallest absolute Gasteiger partial charge is 0.303 e. The van der Waals surface area contributed by atoms with Crippen LogP contribution in [-0.4, -0.2) is 11.1 Å². The van der Waals surface area contributed by atoms with E-state index >= 15 is 0 Å². The third kappa shape index (κ3) is 3.12. The average Bonchev–Trinajstić information content (AvgIpc) is 2.10. The van der Waals surface area contributed by atoms with Crippen molar-refractivity contribution < 1.29 is 18.7 Å². The summed E-state index contributed by atoms with van der Waals surface area (Å²) in [5, 5.41) is 8.36. The van der Waals surface area contributed by atoms with Gasteiger partial charge in [0.1, 0.15) is 0 Å². The van der Waals surface area contributed by atoms with Crippen LogP contribution in [0.15, 0.2) is 18.2 Å². The Morgan fingerprint density at radius 3 is 2.57 bits per heavy atom. The molecule has 0 bridgehead atoms. The zero-order chi connectivity index (χ0) is 10.6. The van der Waals surface area contributed by atoms with Crippen LogP contribution in [0.1, 0.15) is 18.4 Å². The first-order valence-electron chi connectivity index (χ1n) is 4.25. The van der Waals surface area contributed by atoms with Crippen molar-refractivity contribution >= 4 is 5.97 Å². The van der Waals surface area contributed by atoms with E-state index in [4.69, 9.17) is 5.11 Å². The van der Waals surface area contributed by atoms with Gasteiger partial charge in [0, 0.05) is 6.42 Å². The fraction of sp³-hybridized carbons (Fsp3) is 0.300. The first kappa shape index (κ1) is 10.6. The van der Waals surface area contributed by atoms with Gasteiger partial charge in [-0.15, -0.1) is 0 Å². The highest BCUT2D eigenvalue weighted by Crippen LogP contribution is 2.11. The van der Waals surface area contributed by atoms with Crippen LogP contribution in [0.4, 0.5) is 8.78 Å². The Hall–Kier alpha value is -1.45. The lowest BCUT2D eigenvalue weighted by Crippen LogP contribution is -1.96. The number of carboxylic acid groups (broad SMARTS) is 1. The molecule has 0 aliphatic heterocycles. The fourth-order valence-corrected chi connectivity index (χ4v) is 1.14. The van der Waals surface area contributed by atoms with Crippen LogP contribution in [0.3, 0.4) is 0 Å². The van der Waals surface area contributed by atoms with Gasteiger partial charge in [-0.1, -0.05) is 6.07 Å². The molecule has 0 aliphatic rings. The van der Waals surface area contributed by atoms with E-state index in [0.717, 1.165) is 12.1 Å². The number of hydrogen-bond acceptors (Lipinski definition) is 1. The molecule has 76 valence electrons. The number of hydrogen-bond donors (Lipinski definition) is 1. The molecule has 0 amide bonds. The molecule has 2 nitrogen and oxygen atoms in total. The van der Waals surface area contributed by atoms with Gasteiger partial charge in [0.2, 0.25) is 0 Å². The summed E-state index contributed by atoms with van der Waals surface area (Å²) in [6.07, 6.45) is 0.920. The summed E-state index contributed by atoms with van der Waals surface area (Å²) in [4.78, 5) is 10.2. The number of carbonyl (C=O) groups is 1. The van der Waals surface area contributed by atoms with Crippen LogP contribution in [-0.2, 0) is 11.2 Å². The predicted molar refractivity (Wildman–Crippen MR) is 46.9 cm³/mol. The van der Waals surface area contributed by atoms with Crippen molar-refractivity contribution in [2.45, 2.75) is 19.3 Å². The van der Waals surface area contributed by atoms with Crippen LogP contribution in [0.2, 0.25) is 0 Å². The zero-order valence-electron chi connectivity index (χ0n) is 7.46. The third-order valence-electron chi connectivity index (χ3n) is 1.84. The quantitative estimate of drug-likeness (QED) is 0.810. The molecule has 1 N–H and O–H groups in total. The van der Waals surface area contributed by atoms with Gasteiger partial charge in [-0.25, -0.2) is 8.78 Å². The van der Waals surface area contributed by atoms with Crippen LogP contribution < -0.4 is 0 Å². The van der Waals surface area contributed by atoms with E-state index in [1.54, 1.807) is 0 Å². The summed E-state index contributed by atoms with van der Waals surface area (Å²) in [5.41, 5.74) is 0.616. The number of aryl methyl sites for hydroxylation is 1. The van der Waals surface area contributed by atoms with Crippen molar-refractivity contribution in [3.63, 3.8) is 0 Å². The van der Waals surface area contributed by atoms with Crippen molar-refractivity contribution in [3.05, 3.63) is 35.4 Å². The molecular weight excluding hydrogens is 190 g/mol. The maximum absolute atomic E-state index is 12.7. The van der Waals surface area contributed by atoms with E-state index in [1.165, 1.54) is 6.07 Å². The van der Waals surface area contributed by atoms with Gasteiger partial charge in [-0.2, -0.15) is 0 Å². The molecule has 0 atom stereocenters. The van der Waals surface area contributed by atoms with Crippen LogP contribution in [0, 0.1) is 11.6 Å². The SMILES string of the molecule is O=C(O)CCCc1ccc(F)c(F)c1. The molecule has 0 fully saturated rings. The van der Waals surface area contributed by atoms with Crippen molar-refractivity contribution in [2.75, 3.05) is 0 Å². The van der Waals surface area contributed by atoms with Gasteiger partial charge < -0.3 is 5.11 Å². The van der Waals surface area contributed by atoms with Crippen LogP contribution in [0.25, 0.3) is 0 Å². The molecule has 0 saturated carbocycles. The number of rotatable bonds is 4. The topological polar surface area (TPSA) is 37.3 Å². The molecule has 0 unspecified atom stereocenters. The standard InChI is InChI=1S/C10H10F2O2/c11-8-5-4-7(6-9(8)12)2-1-3-10(13)14/h4-6H,1-3H2,(H,13,14). The van der Waals surface area contributed by atoms with Gasteiger partial charge in [0.15, 0.2) is 11.6 Å². The van der Waals surface area contributed by atoms with Crippen molar-refractivity contribution in [3.8, 4) is 0 Å². The maximum atomic E-state index is 12.7. The first-order chi connectivity index (χ1) is 6.59. The molecule has 1 aromatic rings. The largest absolute Gasteiger partial charge is 0.481 e. The second-order valence-corrected chi connectivity index (χ2v) is 3.00. The molecule has 0 aliphatic carbocycles. The lowest BCUT2D eigenvalue weighted by atomic mass is 10.1. The molecule has 1 rings (SSSR count). The number of benzene rings is 1. The fourth-order valence-electron chi connectivity index (χ4n) is 1.14. The summed E-state index contributed by atoms with van der Waals surface area (Å²) in [6.45, 7) is 0. The number of carboxylic acids is 1. The van der Waals surface area contributed by atoms with Crippen LogP contribution >= 0.6 is 0 Å². The normalized spacial score (nSPS) is 10.1. The highest BCUT2D eigenvalue weighted by molar-refractivity contribution is 5.66. The Balaban J connectivity index is 2.51. The molecule has 0 radical (unpaired) electrons. The van der Waals surface area contributed by atoms with E-state index < -0.39 is 17.6 Å². The van der Waals surface area contributed by atoms with Crippen molar-refractivity contribution in [1.29, 1.82) is 0 Å². The Morgan fingerprint density at radius 2 is 2.00 bits per heavy atom. The Morgan fingerprint density at radius 1 is 1.29 bits per heavy atom. The summed E-state index contributed by atoms with van der Waals surface area (Å²) in [5.74, 6) is -2.66. The molecule has 1 aromatic carbocycles. The third-order valence-corrected chi connectivity index (χ3v) is 1.84. The average molecular weight is 200 g/mol. The number of aliphatic carboxylic acids is 1. The predicted octanol–water partition coefficient (Wildman–Crippen LogP) is 2.37. The van der Waals surface area contributed by atoms with Crippen LogP contribution in [0.5, 0.6) is 0 Å². The van der Waals surface area contributed by atoms with Gasteiger partial charge >= 0.3 is 5.97 Å². The van der Waals surface area contributed by atoms with Gasteiger partial charge in [0.05, 0.1) is 0 Å². The van der Waals surface area contributed by atoms with Crippen molar-refractivity contribution in [2.24, 2.45) is 0 Å². The molecular formula is C10H10F2O2. The Bertz CT molecular complexity index is 337. The molecule has 0 heterocycles. The van der Waals surface area contributed by atoms with E-state index in [-0.39, 0.29) is 6.42 Å². The van der Waals surface area contributed by atoms with Gasteiger partial charge in [0.25, 0.3) is 0 Å². The first-order valence-corrected chi connectivity index (χ1v) is 4.25. The molecule has 0 aromatic heterocycles. The second kappa shape index (κ2) is 4.69. The second-order valence-electron chi connectivity index (χ2n) is 3.00. The lowest BCUT2D eigenvalue weighted by molar-refractivity contribution is -0.137. The summed E-state index contributed by atoms with van der Waals surface area (Å²) in [7, 11) is 0. The zero-order valence-corrected chi connectivity index (χ0v) is 7.46. The highest BCUT2D eigenvalue weighted by atomic mass is 19.2. The van der Waals surface area contributed by atoms with Crippen molar-refractivity contribution in [1.82, 2.24) is 0 Å². The van der Waals surface area contributed by atoms with E-state index in [9.17, 15) is 13.6 Å². The Kier molecular flexibility index (Phi) is 3.56. The van der Waals surface area contributed by atoms with Gasteiger partial charge in [-0.05, 0) is 30.5 Å². The minimum absolute atomic E-state index is 0.0407. The lowest BCUT2D eigenvalue weighted by Gasteiger charge is -2.00. The highest BCUT2D eigenvalue weighted by Gasteiger charge is 2.03. The van der Waals surface area contributed by atoms with E-state index in [1.807, 2.05) is 0 Å². The molecule has 14 heavy (non-hydrogen) atoms. The summed E-state index contributed by atoms with van der Waals surface area (Å²) >= 11 is 0. The van der Waals surface area contributed by atoms with E-state index in [2.05, 4.69) is 0 Å². The minimum Gasteiger partial charge on any atom is -0.481 e. The minimum atomic E-state index is -0.891. The summed E-state index contributed by atoms with van der Waals surface area (Å²) < 4.78 is 25.2. The molecule has 0 spiro atoms. The Labute approximate surface area is 80.2 Å². The maximum Gasteiger partial charge on any atom is 0.303 e. The summed E-state index contributed by atoms with van der Waals surface area (Å²) in [6, 6.07) is 3.60. The number of halogens is 2. The van der Waals surface area contributed by atoms with Gasteiger partial charge in [-0.3, -0.25) is 4.79 Å². The molecule has 0 saturated heterocycles.